The molecular formula is C29H35N3O7S. The molecule has 0 saturated heterocycles. The third kappa shape index (κ3) is 6.06. The van der Waals surface area contributed by atoms with Crippen molar-refractivity contribution in [3.05, 3.63) is 66.4 Å². The molecule has 1 amide bonds. The number of sulfonamides is 1. The van der Waals surface area contributed by atoms with E-state index in [1.54, 1.807) is 43.3 Å². The fourth-order valence-electron chi connectivity index (χ4n) is 4.55. The molecule has 0 unspecified atom stereocenters. The molecule has 0 aliphatic carbocycles. The lowest BCUT2D eigenvalue weighted by Crippen LogP contribution is -2.50. The number of likely N-dealkylation sites (N-methyl/N-ethyl adjacent to an activating group) is 1. The second-order valence-corrected chi connectivity index (χ2v) is 11.9. The van der Waals surface area contributed by atoms with Crippen molar-refractivity contribution < 1.29 is 32.5 Å². The minimum atomic E-state index is -3.86. The van der Waals surface area contributed by atoms with Crippen LogP contribution in [0, 0.1) is 5.92 Å². The fourth-order valence-corrected chi connectivity index (χ4v) is 5.77. The summed E-state index contributed by atoms with van der Waals surface area (Å²) in [7, 11) is 0.691. The Morgan fingerprint density at radius 2 is 1.80 bits per heavy atom. The van der Waals surface area contributed by atoms with E-state index >= 15 is 0 Å². The van der Waals surface area contributed by atoms with Crippen molar-refractivity contribution in [1.29, 1.82) is 0 Å². The van der Waals surface area contributed by atoms with Gasteiger partial charge in [0.1, 0.15) is 23.2 Å². The average Bonchev–Trinajstić information content (AvgIpc) is 2.98. The normalized spacial score (nSPS) is 18.4. The summed E-state index contributed by atoms with van der Waals surface area (Å²) < 4.78 is 44.7. The number of pyridine rings is 1. The molecule has 0 fully saturated rings. The standard InChI is InChI=1S/C29H35N3O7S/c1-19-16-32(20(2)18-33)29(34)26-13-22(21-9-11-23(37-4)12-10-21)15-30-28(26)39-27(19)17-31(3)40(35,36)25-8-6-7-24(14-25)38-5/h6-15,19-20,27,33H,16-18H2,1-5H3/t19-,20+,27-/m0/s1. The van der Waals surface area contributed by atoms with E-state index in [4.69, 9.17) is 14.2 Å². The molecule has 1 aromatic heterocycles. The number of aliphatic hydroxyl groups is 1. The van der Waals surface area contributed by atoms with Crippen molar-refractivity contribution in [3.8, 4) is 28.5 Å². The van der Waals surface area contributed by atoms with Gasteiger partial charge in [0, 0.05) is 37.3 Å². The maximum atomic E-state index is 13.7. The Morgan fingerprint density at radius 1 is 1.10 bits per heavy atom. The second-order valence-electron chi connectivity index (χ2n) is 9.89. The molecule has 11 heteroatoms. The Kier molecular flexibility index (Phi) is 8.97. The number of carbonyl (C=O) groups is 1. The lowest BCUT2D eigenvalue weighted by molar-refractivity contribution is 0.0373. The van der Waals surface area contributed by atoms with Crippen LogP contribution in [-0.4, -0.2) is 86.7 Å². The smallest absolute Gasteiger partial charge is 0.259 e. The monoisotopic (exact) mass is 569 g/mol. The quantitative estimate of drug-likeness (QED) is 0.417. The number of aromatic nitrogens is 1. The lowest BCUT2D eigenvalue weighted by atomic mass is 9.99. The molecule has 10 nitrogen and oxygen atoms in total. The molecule has 214 valence electrons. The summed E-state index contributed by atoms with van der Waals surface area (Å²) in [5.74, 6) is 0.651. The van der Waals surface area contributed by atoms with Gasteiger partial charge in [-0.3, -0.25) is 4.79 Å². The van der Waals surface area contributed by atoms with E-state index < -0.39 is 22.2 Å². The topological polar surface area (TPSA) is 118 Å². The molecule has 2 heterocycles. The van der Waals surface area contributed by atoms with E-state index in [1.807, 2.05) is 31.2 Å². The highest BCUT2D eigenvalue weighted by Gasteiger charge is 2.36. The largest absolute Gasteiger partial charge is 0.497 e. The van der Waals surface area contributed by atoms with Gasteiger partial charge in [0.05, 0.1) is 38.3 Å². The molecule has 1 aliphatic rings. The summed E-state index contributed by atoms with van der Waals surface area (Å²) >= 11 is 0. The third-order valence-corrected chi connectivity index (χ3v) is 8.95. The van der Waals surface area contributed by atoms with Crippen LogP contribution in [0.15, 0.2) is 65.7 Å². The summed E-state index contributed by atoms with van der Waals surface area (Å²) in [5, 5.41) is 9.92. The first-order chi connectivity index (χ1) is 19.1. The van der Waals surface area contributed by atoms with Crippen LogP contribution in [-0.2, 0) is 10.0 Å². The number of carbonyl (C=O) groups excluding carboxylic acids is 1. The van der Waals surface area contributed by atoms with Crippen molar-refractivity contribution in [2.45, 2.75) is 30.9 Å². The highest BCUT2D eigenvalue weighted by atomic mass is 32.2. The molecular weight excluding hydrogens is 534 g/mol. The maximum Gasteiger partial charge on any atom is 0.259 e. The van der Waals surface area contributed by atoms with E-state index in [-0.39, 0.29) is 47.9 Å². The zero-order valence-electron chi connectivity index (χ0n) is 23.3. The number of ether oxygens (including phenoxy) is 3. The first kappa shape index (κ1) is 29.3. The number of rotatable bonds is 9. The van der Waals surface area contributed by atoms with Gasteiger partial charge in [-0.1, -0.05) is 25.1 Å². The molecule has 0 spiro atoms. The molecule has 4 rings (SSSR count). The highest BCUT2D eigenvalue weighted by Crippen LogP contribution is 2.31. The molecule has 1 N–H and O–H groups in total. The average molecular weight is 570 g/mol. The van der Waals surface area contributed by atoms with E-state index in [9.17, 15) is 18.3 Å². The summed E-state index contributed by atoms with van der Waals surface area (Å²) in [6.07, 6.45) is 0.985. The van der Waals surface area contributed by atoms with Crippen LogP contribution in [0.25, 0.3) is 11.1 Å². The van der Waals surface area contributed by atoms with Gasteiger partial charge in [-0.05, 0) is 42.8 Å². The van der Waals surface area contributed by atoms with Gasteiger partial charge in [0.2, 0.25) is 15.9 Å². The predicted octanol–water partition coefficient (Wildman–Crippen LogP) is 3.31. The van der Waals surface area contributed by atoms with Crippen LogP contribution < -0.4 is 14.2 Å². The number of aliphatic hydroxyl groups excluding tert-OH is 1. The van der Waals surface area contributed by atoms with Gasteiger partial charge < -0.3 is 24.2 Å². The van der Waals surface area contributed by atoms with E-state index in [1.165, 1.54) is 30.6 Å². The molecule has 0 bridgehead atoms. The zero-order chi connectivity index (χ0) is 29.0. The van der Waals surface area contributed by atoms with Crippen molar-refractivity contribution in [3.63, 3.8) is 0 Å². The van der Waals surface area contributed by atoms with Crippen molar-refractivity contribution in [1.82, 2.24) is 14.2 Å². The number of amides is 1. The van der Waals surface area contributed by atoms with Gasteiger partial charge in [-0.2, -0.15) is 4.31 Å². The van der Waals surface area contributed by atoms with Crippen molar-refractivity contribution >= 4 is 15.9 Å². The number of nitrogens with zero attached hydrogens (tertiary/aromatic N) is 3. The molecule has 40 heavy (non-hydrogen) atoms. The first-order valence-electron chi connectivity index (χ1n) is 12.9. The minimum Gasteiger partial charge on any atom is -0.497 e. The number of hydrogen-bond acceptors (Lipinski definition) is 8. The Labute approximate surface area is 235 Å². The third-order valence-electron chi connectivity index (χ3n) is 7.13. The first-order valence-corrected chi connectivity index (χ1v) is 14.4. The predicted molar refractivity (Wildman–Crippen MR) is 150 cm³/mol. The molecule has 3 atom stereocenters. The number of benzene rings is 2. The van der Waals surface area contributed by atoms with E-state index in [0.717, 1.165) is 5.56 Å². The molecule has 0 saturated carbocycles. The highest BCUT2D eigenvalue weighted by molar-refractivity contribution is 7.89. The summed E-state index contributed by atoms with van der Waals surface area (Å²) in [4.78, 5) is 19.9. The Morgan fingerprint density at radius 3 is 2.45 bits per heavy atom. The molecule has 0 radical (unpaired) electrons. The maximum absolute atomic E-state index is 13.7. The van der Waals surface area contributed by atoms with Gasteiger partial charge in [0.15, 0.2) is 0 Å². The molecule has 3 aromatic rings. The lowest BCUT2D eigenvalue weighted by Gasteiger charge is -2.37. The van der Waals surface area contributed by atoms with Gasteiger partial charge in [-0.15, -0.1) is 0 Å². The van der Waals surface area contributed by atoms with Gasteiger partial charge in [-0.25, -0.2) is 13.4 Å². The number of methoxy groups -OCH3 is 2. The summed E-state index contributed by atoms with van der Waals surface area (Å²) in [6, 6.07) is 14.9. The fraction of sp³-hybridized carbons (Fsp3) is 0.379. The van der Waals surface area contributed by atoms with Crippen LogP contribution in [0.3, 0.4) is 0 Å². The Hall–Kier alpha value is -3.67. The summed E-state index contributed by atoms with van der Waals surface area (Å²) in [6.45, 7) is 3.69. The van der Waals surface area contributed by atoms with Crippen LogP contribution in [0.2, 0.25) is 0 Å². The Bertz CT molecular complexity index is 1450. The number of hydrogen-bond donors (Lipinski definition) is 1. The molecule has 2 aromatic carbocycles. The number of fused-ring (bicyclic) bond motifs is 1. The van der Waals surface area contributed by atoms with Crippen molar-refractivity contribution in [2.24, 2.45) is 5.92 Å². The van der Waals surface area contributed by atoms with Crippen LogP contribution in [0.4, 0.5) is 0 Å². The zero-order valence-corrected chi connectivity index (χ0v) is 24.1. The van der Waals surface area contributed by atoms with Gasteiger partial charge >= 0.3 is 0 Å². The van der Waals surface area contributed by atoms with Crippen LogP contribution in [0.1, 0.15) is 24.2 Å². The summed E-state index contributed by atoms with van der Waals surface area (Å²) in [5.41, 5.74) is 1.78. The minimum absolute atomic E-state index is 0.0115. The Balaban J connectivity index is 1.70. The van der Waals surface area contributed by atoms with Crippen molar-refractivity contribution in [2.75, 3.05) is 41.0 Å². The van der Waals surface area contributed by atoms with Crippen LogP contribution >= 0.6 is 0 Å². The van der Waals surface area contributed by atoms with E-state index in [0.29, 0.717) is 17.1 Å². The second kappa shape index (κ2) is 12.2. The van der Waals surface area contributed by atoms with E-state index in [2.05, 4.69) is 4.98 Å². The SMILES string of the molecule is COc1ccc(-c2cnc3c(c2)C(=O)N([C@H](C)CO)C[C@H](C)[C@H](CN(C)S(=O)(=O)c2cccc(OC)c2)O3)cc1. The van der Waals surface area contributed by atoms with Crippen LogP contribution in [0.5, 0.6) is 17.4 Å². The van der Waals surface area contributed by atoms with Gasteiger partial charge in [0.25, 0.3) is 5.91 Å². The molecule has 1 aliphatic heterocycles.